The number of carbonyl (C=O) groups is 3. The topological polar surface area (TPSA) is 98.7 Å². The Bertz CT molecular complexity index is 882. The molecule has 1 fully saturated rings. The van der Waals surface area contributed by atoms with Gasteiger partial charge in [-0.2, -0.15) is 0 Å². The van der Waals surface area contributed by atoms with Crippen LogP contribution in [0.3, 0.4) is 0 Å². The number of amides is 3. The van der Waals surface area contributed by atoms with E-state index >= 15 is 0 Å². The molecule has 1 saturated heterocycles. The monoisotopic (exact) mass is 427 g/mol. The van der Waals surface area contributed by atoms with Gasteiger partial charge in [0.25, 0.3) is 0 Å². The van der Waals surface area contributed by atoms with E-state index in [9.17, 15) is 19.5 Å². The fourth-order valence-electron chi connectivity index (χ4n) is 5.06. The summed E-state index contributed by atoms with van der Waals surface area (Å²) in [6, 6.07) is 5.05. The third kappa shape index (κ3) is 4.37. The highest BCUT2D eigenvalue weighted by Crippen LogP contribution is 2.45. The highest BCUT2D eigenvalue weighted by atomic mass is 16.3. The minimum atomic E-state index is -0.768. The second kappa shape index (κ2) is 9.64. The van der Waals surface area contributed by atoms with Crippen LogP contribution in [0.2, 0.25) is 0 Å². The molecule has 7 nitrogen and oxygen atoms in total. The van der Waals surface area contributed by atoms with Gasteiger partial charge in [0.1, 0.15) is 6.04 Å². The number of aliphatic hydroxyl groups excluding tert-OH is 1. The van der Waals surface area contributed by atoms with Crippen molar-refractivity contribution >= 4 is 23.4 Å². The highest BCUT2D eigenvalue weighted by molar-refractivity contribution is 6.02. The van der Waals surface area contributed by atoms with Crippen LogP contribution < -0.4 is 10.6 Å². The van der Waals surface area contributed by atoms with E-state index in [-0.39, 0.29) is 36.8 Å². The van der Waals surface area contributed by atoms with Crippen LogP contribution in [0.4, 0.5) is 5.69 Å². The normalized spacial score (nSPS) is 27.2. The van der Waals surface area contributed by atoms with Crippen molar-refractivity contribution < 1.29 is 19.5 Å². The van der Waals surface area contributed by atoms with E-state index in [0.717, 1.165) is 24.0 Å². The number of anilines is 1. The smallest absolute Gasteiger partial charge is 0.247 e. The second-order valence-corrected chi connectivity index (χ2v) is 8.59. The number of hydrogen-bond donors (Lipinski definition) is 3. The predicted octanol–water partition coefficient (Wildman–Crippen LogP) is 2.03. The predicted molar refractivity (Wildman–Crippen MR) is 119 cm³/mol. The summed E-state index contributed by atoms with van der Waals surface area (Å²) in [4.78, 5) is 41.1. The summed E-state index contributed by atoms with van der Waals surface area (Å²) >= 11 is 0. The zero-order valence-corrected chi connectivity index (χ0v) is 18.7. The van der Waals surface area contributed by atoms with Crippen LogP contribution >= 0.6 is 0 Å². The number of β-amino-alcohol motifs (C(OH)–C–C–N with tert-alkyl or cyclic N) is 1. The summed E-state index contributed by atoms with van der Waals surface area (Å²) < 4.78 is 0. The second-order valence-electron chi connectivity index (χ2n) is 8.59. The van der Waals surface area contributed by atoms with E-state index in [2.05, 4.69) is 17.6 Å². The molecule has 1 aromatic carbocycles. The third-order valence-electron chi connectivity index (χ3n) is 6.54. The lowest BCUT2D eigenvalue weighted by atomic mass is 9.68. The number of rotatable bonds is 7. The molecular formula is C24H33N3O4. The number of hydrogen-bond acceptors (Lipinski definition) is 4. The van der Waals surface area contributed by atoms with E-state index in [4.69, 9.17) is 0 Å². The Labute approximate surface area is 183 Å². The molecule has 0 radical (unpaired) electrons. The molecule has 2 aliphatic rings. The standard InChI is InChI=1S/C24H33N3O4/c1-5-6-16-9-10-17-20(19(16)22(29)25-4)24(31)27(11-12-28)21(17)23(30)26-18-13-14(2)7-8-15(18)3/h7-10,13,16-17,19-21,28H,5-6,11-12H2,1-4H3,(H,25,29)(H,26,30)/t16-,17+,19-,20+,21+/m1/s1. The molecule has 3 amide bonds. The first-order chi connectivity index (χ1) is 14.8. The van der Waals surface area contributed by atoms with Gasteiger partial charge in [-0.1, -0.05) is 37.6 Å². The minimum absolute atomic E-state index is 0.0491. The summed E-state index contributed by atoms with van der Waals surface area (Å²) in [5.74, 6) is -2.30. The number of fused-ring (bicyclic) bond motifs is 1. The molecule has 7 heteroatoms. The van der Waals surface area contributed by atoms with E-state index in [0.29, 0.717) is 5.69 Å². The first kappa shape index (κ1) is 23.0. The van der Waals surface area contributed by atoms with Crippen LogP contribution in [0.25, 0.3) is 0 Å². The van der Waals surface area contributed by atoms with Crippen LogP contribution in [-0.4, -0.2) is 54.0 Å². The van der Waals surface area contributed by atoms with Crippen molar-refractivity contribution in [1.82, 2.24) is 10.2 Å². The SMILES string of the molecule is CCC[C@@H]1C=C[C@H]2[C@H](C(=O)N(CCO)[C@@H]2C(=O)Nc2cc(C)ccc2C)[C@@H]1C(=O)NC. The largest absolute Gasteiger partial charge is 0.395 e. The van der Waals surface area contributed by atoms with Crippen molar-refractivity contribution in [2.45, 2.75) is 39.7 Å². The molecule has 0 saturated carbocycles. The molecule has 1 aliphatic carbocycles. The molecular weight excluding hydrogens is 394 g/mol. The third-order valence-corrected chi connectivity index (χ3v) is 6.54. The summed E-state index contributed by atoms with van der Waals surface area (Å²) in [6.07, 6.45) is 5.63. The molecule has 0 spiro atoms. The first-order valence-corrected chi connectivity index (χ1v) is 11.0. The Kier molecular flexibility index (Phi) is 7.15. The Balaban J connectivity index is 1.98. The van der Waals surface area contributed by atoms with Crippen LogP contribution in [0.5, 0.6) is 0 Å². The molecule has 1 heterocycles. The van der Waals surface area contributed by atoms with Gasteiger partial charge in [-0.05, 0) is 43.4 Å². The average Bonchev–Trinajstić information content (AvgIpc) is 3.02. The zero-order chi connectivity index (χ0) is 22.7. The number of aryl methyl sites for hydroxylation is 2. The first-order valence-electron chi connectivity index (χ1n) is 11.0. The number of nitrogens with zero attached hydrogens (tertiary/aromatic N) is 1. The van der Waals surface area contributed by atoms with Gasteiger partial charge in [0, 0.05) is 25.2 Å². The minimum Gasteiger partial charge on any atom is -0.395 e. The summed E-state index contributed by atoms with van der Waals surface area (Å²) in [6.45, 7) is 5.74. The van der Waals surface area contributed by atoms with Crippen LogP contribution in [0, 0.1) is 37.5 Å². The van der Waals surface area contributed by atoms with Crippen LogP contribution in [0.15, 0.2) is 30.4 Å². The van der Waals surface area contributed by atoms with E-state index < -0.39 is 23.8 Å². The number of allylic oxidation sites excluding steroid dienone is 1. The lowest BCUT2D eigenvalue weighted by Crippen LogP contribution is -2.45. The van der Waals surface area contributed by atoms with Gasteiger partial charge in [-0.25, -0.2) is 0 Å². The molecule has 31 heavy (non-hydrogen) atoms. The van der Waals surface area contributed by atoms with Crippen LogP contribution in [0.1, 0.15) is 30.9 Å². The molecule has 0 aromatic heterocycles. The molecule has 5 atom stereocenters. The van der Waals surface area contributed by atoms with Gasteiger partial charge in [0.2, 0.25) is 17.7 Å². The fraction of sp³-hybridized carbons (Fsp3) is 0.542. The van der Waals surface area contributed by atoms with Crippen molar-refractivity contribution in [3.63, 3.8) is 0 Å². The van der Waals surface area contributed by atoms with E-state index in [1.807, 2.05) is 44.2 Å². The number of carbonyl (C=O) groups excluding carboxylic acids is 3. The lowest BCUT2D eigenvalue weighted by molar-refractivity contribution is -0.140. The Morgan fingerprint density at radius 3 is 2.55 bits per heavy atom. The van der Waals surface area contributed by atoms with Gasteiger partial charge in [-0.3, -0.25) is 14.4 Å². The maximum Gasteiger partial charge on any atom is 0.247 e. The van der Waals surface area contributed by atoms with Gasteiger partial charge < -0.3 is 20.6 Å². The number of aliphatic hydroxyl groups is 1. The maximum absolute atomic E-state index is 13.4. The maximum atomic E-state index is 13.4. The number of nitrogens with one attached hydrogen (secondary N) is 2. The summed E-state index contributed by atoms with van der Waals surface area (Å²) in [5.41, 5.74) is 2.66. The summed E-state index contributed by atoms with van der Waals surface area (Å²) in [5, 5.41) is 15.3. The van der Waals surface area contributed by atoms with E-state index in [1.54, 1.807) is 7.05 Å². The lowest BCUT2D eigenvalue weighted by Gasteiger charge is -2.34. The molecule has 3 N–H and O–H groups in total. The van der Waals surface area contributed by atoms with Crippen molar-refractivity contribution in [1.29, 1.82) is 0 Å². The quantitative estimate of drug-likeness (QED) is 0.580. The Hall–Kier alpha value is -2.67. The highest BCUT2D eigenvalue weighted by Gasteiger charge is 2.56. The fourth-order valence-corrected chi connectivity index (χ4v) is 5.06. The molecule has 0 bridgehead atoms. The van der Waals surface area contributed by atoms with Crippen molar-refractivity contribution in [2.24, 2.45) is 23.7 Å². The molecule has 3 rings (SSSR count). The van der Waals surface area contributed by atoms with Gasteiger partial charge in [0.05, 0.1) is 18.4 Å². The molecule has 1 aliphatic heterocycles. The molecule has 1 aromatic rings. The Morgan fingerprint density at radius 2 is 1.90 bits per heavy atom. The van der Waals surface area contributed by atoms with E-state index in [1.165, 1.54) is 4.90 Å². The van der Waals surface area contributed by atoms with Crippen molar-refractivity contribution in [3.8, 4) is 0 Å². The van der Waals surface area contributed by atoms with Gasteiger partial charge in [-0.15, -0.1) is 0 Å². The number of likely N-dealkylation sites (tertiary alicyclic amines) is 1. The zero-order valence-electron chi connectivity index (χ0n) is 18.7. The Morgan fingerprint density at radius 1 is 1.16 bits per heavy atom. The number of benzene rings is 1. The van der Waals surface area contributed by atoms with Crippen LogP contribution in [-0.2, 0) is 14.4 Å². The molecule has 0 unspecified atom stereocenters. The average molecular weight is 428 g/mol. The van der Waals surface area contributed by atoms with Gasteiger partial charge in [0.15, 0.2) is 0 Å². The van der Waals surface area contributed by atoms with Crippen molar-refractivity contribution in [2.75, 3.05) is 25.5 Å². The molecule has 168 valence electrons. The van der Waals surface area contributed by atoms with Gasteiger partial charge >= 0.3 is 0 Å². The summed E-state index contributed by atoms with van der Waals surface area (Å²) in [7, 11) is 1.58. The van der Waals surface area contributed by atoms with Crippen molar-refractivity contribution in [3.05, 3.63) is 41.5 Å².